The minimum Gasteiger partial charge on any atom is -0.309 e. The van der Waals surface area contributed by atoms with Crippen molar-refractivity contribution in [2.24, 2.45) is 0 Å². The van der Waals surface area contributed by atoms with Crippen molar-refractivity contribution in [1.82, 2.24) is 13.7 Å². The first-order valence-corrected chi connectivity index (χ1v) is 23.1. The molecule has 3 heterocycles. The minimum atomic E-state index is 1.14. The van der Waals surface area contributed by atoms with Gasteiger partial charge in [0.15, 0.2) is 0 Å². The van der Waals surface area contributed by atoms with Crippen molar-refractivity contribution in [1.29, 1.82) is 0 Å². The smallest absolute Gasteiger partial charge is 0.0619 e. The van der Waals surface area contributed by atoms with Gasteiger partial charge in [0.1, 0.15) is 0 Å². The number of rotatable bonds is 6. The molecule has 0 fully saturated rings. The quantitative estimate of drug-likeness (QED) is 0.158. The first kappa shape index (κ1) is 37.5. The largest absolute Gasteiger partial charge is 0.309 e. The minimum absolute atomic E-state index is 1.14. The van der Waals surface area contributed by atoms with E-state index in [9.17, 15) is 0 Å². The van der Waals surface area contributed by atoms with Crippen LogP contribution in [0, 0.1) is 0 Å². The second kappa shape index (κ2) is 14.8. The predicted molar refractivity (Wildman–Crippen MR) is 283 cm³/mol. The zero-order valence-electron chi connectivity index (χ0n) is 36.5. The van der Waals surface area contributed by atoms with E-state index >= 15 is 0 Å². The molecular weight excluding hydrogens is 811 g/mol. The molecule has 0 amide bonds. The molecule has 14 rings (SSSR count). The van der Waals surface area contributed by atoms with Gasteiger partial charge in [-0.3, -0.25) is 0 Å². The number of aromatic nitrogens is 3. The van der Waals surface area contributed by atoms with Crippen LogP contribution >= 0.6 is 0 Å². The van der Waals surface area contributed by atoms with Crippen LogP contribution in [0.2, 0.25) is 0 Å². The van der Waals surface area contributed by atoms with E-state index in [-0.39, 0.29) is 0 Å². The second-order valence-corrected chi connectivity index (χ2v) is 17.7. The molecule has 312 valence electrons. The fourth-order valence-corrected chi connectivity index (χ4v) is 11.0. The van der Waals surface area contributed by atoms with Crippen LogP contribution in [0.25, 0.3) is 127 Å². The van der Waals surface area contributed by atoms with Crippen LogP contribution in [-0.4, -0.2) is 13.7 Å². The fourth-order valence-electron chi connectivity index (χ4n) is 11.0. The summed E-state index contributed by atoms with van der Waals surface area (Å²) in [7, 11) is 0. The summed E-state index contributed by atoms with van der Waals surface area (Å²) in [6.45, 7) is 0. The molecular formula is C64H41N3. The van der Waals surface area contributed by atoms with Gasteiger partial charge in [0.25, 0.3) is 0 Å². The van der Waals surface area contributed by atoms with Gasteiger partial charge in [0, 0.05) is 54.9 Å². The van der Waals surface area contributed by atoms with Crippen LogP contribution in [0.1, 0.15) is 0 Å². The van der Waals surface area contributed by atoms with Crippen LogP contribution in [0.3, 0.4) is 0 Å². The van der Waals surface area contributed by atoms with Gasteiger partial charge in [0.2, 0.25) is 0 Å². The summed E-state index contributed by atoms with van der Waals surface area (Å²) in [5, 5.41) is 10.1. The monoisotopic (exact) mass is 851 g/mol. The van der Waals surface area contributed by atoms with Crippen LogP contribution in [0.15, 0.2) is 249 Å². The molecule has 0 aliphatic heterocycles. The zero-order valence-corrected chi connectivity index (χ0v) is 36.5. The van der Waals surface area contributed by atoms with Gasteiger partial charge in [-0.25, -0.2) is 0 Å². The summed E-state index contributed by atoms with van der Waals surface area (Å²) in [6.07, 6.45) is 0. The maximum Gasteiger partial charge on any atom is 0.0619 e. The molecule has 0 saturated heterocycles. The van der Waals surface area contributed by atoms with Crippen molar-refractivity contribution < 1.29 is 0 Å². The number of hydrogen-bond donors (Lipinski definition) is 0. The van der Waals surface area contributed by atoms with Gasteiger partial charge in [-0.2, -0.15) is 0 Å². The molecule has 0 bridgehead atoms. The third kappa shape index (κ3) is 5.78. The third-order valence-electron chi connectivity index (χ3n) is 14.0. The Morgan fingerprint density at radius 3 is 1.31 bits per heavy atom. The van der Waals surface area contributed by atoms with Gasteiger partial charge in [-0.05, 0) is 124 Å². The Morgan fingerprint density at radius 1 is 0.224 bits per heavy atom. The maximum absolute atomic E-state index is 2.45. The van der Waals surface area contributed by atoms with E-state index < -0.39 is 0 Å². The number of fused-ring (bicyclic) bond motifs is 11. The van der Waals surface area contributed by atoms with Crippen molar-refractivity contribution in [2.45, 2.75) is 0 Å². The predicted octanol–water partition coefficient (Wildman–Crippen LogP) is 17.1. The highest BCUT2D eigenvalue weighted by Gasteiger charge is 2.20. The highest BCUT2D eigenvalue weighted by Crippen LogP contribution is 2.43. The number of benzene rings is 11. The molecule has 3 heteroatoms. The van der Waals surface area contributed by atoms with Gasteiger partial charge < -0.3 is 13.7 Å². The maximum atomic E-state index is 2.45. The Labute approximate surface area is 387 Å². The van der Waals surface area contributed by atoms with E-state index in [1.165, 1.54) is 110 Å². The summed E-state index contributed by atoms with van der Waals surface area (Å²) >= 11 is 0. The number of para-hydroxylation sites is 5. The molecule has 0 unspecified atom stereocenters. The SMILES string of the molecule is c1ccc(-n2c3ccc(-c4ccc(-c5cc(-c6ccc(-n7c8ccccc8c8ccccc87)cc6)c6c(c5)c5ccccc5n6-c5ccccc5)cc4)cc3c3c4ccccc4ccc32)cc1. The van der Waals surface area contributed by atoms with E-state index in [1.54, 1.807) is 0 Å². The Hall–Kier alpha value is -8.92. The summed E-state index contributed by atoms with van der Waals surface area (Å²) in [6, 6.07) is 91.2. The lowest BCUT2D eigenvalue weighted by molar-refractivity contribution is 1.17. The lowest BCUT2D eigenvalue weighted by atomic mass is 9.94. The van der Waals surface area contributed by atoms with Crippen LogP contribution in [0.5, 0.6) is 0 Å². The van der Waals surface area contributed by atoms with E-state index in [4.69, 9.17) is 0 Å². The molecule has 0 saturated carbocycles. The molecule has 14 aromatic rings. The highest BCUT2D eigenvalue weighted by atomic mass is 15.0. The first-order valence-electron chi connectivity index (χ1n) is 23.1. The van der Waals surface area contributed by atoms with Gasteiger partial charge >= 0.3 is 0 Å². The topological polar surface area (TPSA) is 14.8 Å². The van der Waals surface area contributed by atoms with Crippen molar-refractivity contribution in [2.75, 3.05) is 0 Å². The van der Waals surface area contributed by atoms with E-state index in [0.29, 0.717) is 0 Å². The van der Waals surface area contributed by atoms with Crippen molar-refractivity contribution in [3.8, 4) is 50.4 Å². The zero-order chi connectivity index (χ0) is 44.0. The lowest BCUT2D eigenvalue weighted by Gasteiger charge is -2.15. The average Bonchev–Trinajstić information content (AvgIpc) is 4.05. The van der Waals surface area contributed by atoms with Gasteiger partial charge in [0.05, 0.1) is 33.1 Å². The Bertz CT molecular complexity index is 4170. The number of hydrogen-bond acceptors (Lipinski definition) is 0. The Kier molecular flexibility index (Phi) is 8.28. The van der Waals surface area contributed by atoms with E-state index in [2.05, 4.69) is 262 Å². The Morgan fingerprint density at radius 2 is 0.657 bits per heavy atom. The molecule has 0 aliphatic rings. The molecule has 3 nitrogen and oxygen atoms in total. The van der Waals surface area contributed by atoms with Crippen LogP contribution in [0.4, 0.5) is 0 Å². The standard InChI is InChI=1S/C64H41N3/c1-3-16-48(17-4-1)66-61-37-34-46(39-57(61)63-51-20-8-7-15-44(51)33-38-62(63)66)42-27-29-43(30-28-42)47-40-55(64-56(41-47)54-23-11-14-26-60(54)67(64)49-18-5-2-6-19-49)45-31-35-50(36-32-45)65-58-24-12-9-21-52(58)53-22-10-13-25-59(53)65/h1-41H. The summed E-state index contributed by atoms with van der Waals surface area (Å²) in [5.74, 6) is 0. The molecule has 0 aliphatic carbocycles. The van der Waals surface area contributed by atoms with Crippen molar-refractivity contribution in [3.05, 3.63) is 249 Å². The van der Waals surface area contributed by atoms with Crippen molar-refractivity contribution >= 4 is 76.2 Å². The Balaban J connectivity index is 0.930. The van der Waals surface area contributed by atoms with Crippen molar-refractivity contribution in [3.63, 3.8) is 0 Å². The third-order valence-corrected chi connectivity index (χ3v) is 14.0. The second-order valence-electron chi connectivity index (χ2n) is 17.7. The molecule has 0 spiro atoms. The molecule has 0 N–H and O–H groups in total. The van der Waals surface area contributed by atoms with Gasteiger partial charge in [-0.1, -0.05) is 164 Å². The normalized spacial score (nSPS) is 11.9. The highest BCUT2D eigenvalue weighted by molar-refractivity contribution is 6.22. The van der Waals surface area contributed by atoms with Gasteiger partial charge in [-0.15, -0.1) is 0 Å². The molecule has 0 radical (unpaired) electrons. The van der Waals surface area contributed by atoms with E-state index in [0.717, 1.165) is 17.1 Å². The molecule has 0 atom stereocenters. The average molecular weight is 852 g/mol. The molecule has 11 aromatic carbocycles. The van der Waals surface area contributed by atoms with E-state index in [1.807, 2.05) is 0 Å². The lowest BCUT2D eigenvalue weighted by Crippen LogP contribution is -1.96. The summed E-state index contributed by atoms with van der Waals surface area (Å²) in [4.78, 5) is 0. The van der Waals surface area contributed by atoms with Crippen LogP contribution in [-0.2, 0) is 0 Å². The molecule has 67 heavy (non-hydrogen) atoms. The summed E-state index contributed by atoms with van der Waals surface area (Å²) in [5.41, 5.74) is 17.8. The first-order chi connectivity index (χ1) is 33.2. The summed E-state index contributed by atoms with van der Waals surface area (Å²) < 4.78 is 7.25. The molecule has 3 aromatic heterocycles. The fraction of sp³-hybridized carbons (Fsp3) is 0. The van der Waals surface area contributed by atoms with Crippen LogP contribution < -0.4 is 0 Å². The number of nitrogens with zero attached hydrogens (tertiary/aromatic N) is 3.